The van der Waals surface area contributed by atoms with Crippen molar-refractivity contribution in [2.45, 2.75) is 6.92 Å². The Morgan fingerprint density at radius 1 is 1.24 bits per heavy atom. The third-order valence-electron chi connectivity index (χ3n) is 3.54. The number of hydrogen-bond donors (Lipinski definition) is 1. The van der Waals surface area contributed by atoms with Gasteiger partial charge in [0.25, 0.3) is 11.6 Å². The Balaban J connectivity index is 2.15. The number of anilines is 1. The van der Waals surface area contributed by atoms with E-state index in [1.165, 1.54) is 19.2 Å². The molecule has 0 fully saturated rings. The van der Waals surface area contributed by atoms with Crippen molar-refractivity contribution >= 4 is 39.2 Å². The molecule has 0 heterocycles. The number of methoxy groups -OCH3 is 1. The van der Waals surface area contributed by atoms with Crippen LogP contribution in [0.15, 0.2) is 34.8 Å². The van der Waals surface area contributed by atoms with Crippen LogP contribution in [0.1, 0.15) is 17.3 Å². The van der Waals surface area contributed by atoms with E-state index in [1.54, 1.807) is 6.92 Å². The van der Waals surface area contributed by atoms with Crippen molar-refractivity contribution in [1.82, 2.24) is 0 Å². The minimum atomic E-state index is -1.12. The van der Waals surface area contributed by atoms with Gasteiger partial charge in [0.15, 0.2) is 18.1 Å². The van der Waals surface area contributed by atoms with Crippen LogP contribution in [0.4, 0.5) is 15.8 Å². The van der Waals surface area contributed by atoms with Gasteiger partial charge in [0, 0.05) is 10.5 Å². The number of benzene rings is 2. The van der Waals surface area contributed by atoms with Gasteiger partial charge in [-0.2, -0.15) is 0 Å². The minimum Gasteiger partial charge on any atom is -0.493 e. The molecule has 0 aliphatic carbocycles. The van der Waals surface area contributed by atoms with E-state index < -0.39 is 40.5 Å². The van der Waals surface area contributed by atoms with Crippen LogP contribution in [-0.2, 0) is 9.53 Å². The summed E-state index contributed by atoms with van der Waals surface area (Å²) in [6.07, 6.45) is 0. The summed E-state index contributed by atoms with van der Waals surface area (Å²) in [5.74, 6) is -2.46. The topological polar surface area (TPSA) is 117 Å². The summed E-state index contributed by atoms with van der Waals surface area (Å²) in [6, 6.07) is 6.12. The van der Waals surface area contributed by atoms with Crippen molar-refractivity contribution in [3.05, 3.63) is 56.3 Å². The normalized spacial score (nSPS) is 10.2. The number of hydrogen-bond acceptors (Lipinski definition) is 7. The largest absolute Gasteiger partial charge is 0.493 e. The summed E-state index contributed by atoms with van der Waals surface area (Å²) < 4.78 is 29.4. The third kappa shape index (κ3) is 5.64. The first kappa shape index (κ1) is 22.1. The molecule has 0 saturated carbocycles. The number of carbonyl (C=O) groups excluding carboxylic acids is 2. The van der Waals surface area contributed by atoms with Crippen molar-refractivity contribution in [1.29, 1.82) is 0 Å². The Kier molecular flexibility index (Phi) is 7.48. The average Bonchev–Trinajstić information content (AvgIpc) is 2.68. The van der Waals surface area contributed by atoms with Gasteiger partial charge in [0.05, 0.1) is 30.4 Å². The fourth-order valence-electron chi connectivity index (χ4n) is 2.28. The van der Waals surface area contributed by atoms with Crippen LogP contribution in [0.25, 0.3) is 0 Å². The zero-order chi connectivity index (χ0) is 21.6. The monoisotopic (exact) mass is 470 g/mol. The molecule has 2 aromatic carbocycles. The minimum absolute atomic E-state index is 0.0849. The summed E-state index contributed by atoms with van der Waals surface area (Å²) in [4.78, 5) is 34.7. The molecule has 0 aliphatic rings. The summed E-state index contributed by atoms with van der Waals surface area (Å²) in [6.45, 7) is 1.13. The molecule has 0 aromatic heterocycles. The van der Waals surface area contributed by atoms with Crippen LogP contribution in [-0.4, -0.2) is 37.1 Å². The molecular formula is C18H16BrFN2O7. The van der Waals surface area contributed by atoms with Gasteiger partial charge in [-0.25, -0.2) is 9.18 Å². The standard InChI is InChI=1S/C18H16BrFN2O7/c1-3-28-16-8-14(22(25)26)11(7-15(16)27-2)18(24)29-9-17(23)21-13-5-4-10(19)6-12(13)20/h4-8H,3,9H2,1-2H3,(H,21,23). The number of carbonyl (C=O) groups is 2. The first-order valence-corrected chi connectivity index (χ1v) is 8.97. The lowest BCUT2D eigenvalue weighted by atomic mass is 10.1. The van der Waals surface area contributed by atoms with Crippen LogP contribution in [0.3, 0.4) is 0 Å². The van der Waals surface area contributed by atoms with Crippen LogP contribution in [0, 0.1) is 15.9 Å². The second-order valence-electron chi connectivity index (χ2n) is 5.46. The number of amides is 1. The van der Waals surface area contributed by atoms with Crippen molar-refractivity contribution < 1.29 is 33.1 Å². The fourth-order valence-corrected chi connectivity index (χ4v) is 2.61. The van der Waals surface area contributed by atoms with Gasteiger partial charge in [-0.1, -0.05) is 15.9 Å². The highest BCUT2D eigenvalue weighted by Crippen LogP contribution is 2.35. The molecule has 1 amide bonds. The summed E-state index contributed by atoms with van der Waals surface area (Å²) in [7, 11) is 1.30. The number of nitro benzene ring substituents is 1. The Morgan fingerprint density at radius 3 is 2.55 bits per heavy atom. The third-order valence-corrected chi connectivity index (χ3v) is 4.03. The Morgan fingerprint density at radius 2 is 1.97 bits per heavy atom. The molecule has 0 unspecified atom stereocenters. The summed E-state index contributed by atoms with van der Waals surface area (Å²) in [5, 5.41) is 13.5. The number of nitrogens with zero attached hydrogens (tertiary/aromatic N) is 1. The fraction of sp³-hybridized carbons (Fsp3) is 0.222. The molecule has 2 aromatic rings. The van der Waals surface area contributed by atoms with E-state index in [-0.39, 0.29) is 23.8 Å². The zero-order valence-electron chi connectivity index (χ0n) is 15.4. The van der Waals surface area contributed by atoms with Crippen molar-refractivity contribution in [2.75, 3.05) is 25.6 Å². The van der Waals surface area contributed by atoms with Crippen LogP contribution in [0.5, 0.6) is 11.5 Å². The maximum atomic E-state index is 13.7. The van der Waals surface area contributed by atoms with Crippen molar-refractivity contribution in [2.24, 2.45) is 0 Å². The van der Waals surface area contributed by atoms with E-state index in [0.29, 0.717) is 4.47 Å². The average molecular weight is 471 g/mol. The van der Waals surface area contributed by atoms with Crippen molar-refractivity contribution in [3.8, 4) is 11.5 Å². The predicted molar refractivity (Wildman–Crippen MR) is 104 cm³/mol. The molecule has 29 heavy (non-hydrogen) atoms. The molecule has 1 N–H and O–H groups in total. The zero-order valence-corrected chi connectivity index (χ0v) is 16.9. The first-order valence-electron chi connectivity index (χ1n) is 8.18. The SMILES string of the molecule is CCOc1cc([N+](=O)[O-])c(C(=O)OCC(=O)Nc2ccc(Br)cc2F)cc1OC. The molecule has 0 atom stereocenters. The van der Waals surface area contributed by atoms with Gasteiger partial charge in [0.2, 0.25) is 0 Å². The Labute approximate surface area is 173 Å². The molecule has 0 spiro atoms. The van der Waals surface area contributed by atoms with E-state index >= 15 is 0 Å². The molecule has 2 rings (SSSR count). The van der Waals surface area contributed by atoms with Gasteiger partial charge in [-0.05, 0) is 25.1 Å². The van der Waals surface area contributed by atoms with Gasteiger partial charge >= 0.3 is 5.97 Å². The molecule has 11 heteroatoms. The van der Waals surface area contributed by atoms with Crippen LogP contribution < -0.4 is 14.8 Å². The van der Waals surface area contributed by atoms with E-state index in [9.17, 15) is 24.1 Å². The van der Waals surface area contributed by atoms with Crippen molar-refractivity contribution in [3.63, 3.8) is 0 Å². The number of nitrogens with one attached hydrogen (secondary N) is 1. The van der Waals surface area contributed by atoms with Gasteiger partial charge in [-0.3, -0.25) is 14.9 Å². The number of esters is 1. The Hall–Kier alpha value is -3.21. The second-order valence-corrected chi connectivity index (χ2v) is 6.37. The lowest BCUT2D eigenvalue weighted by Crippen LogP contribution is -2.22. The molecule has 154 valence electrons. The summed E-state index contributed by atoms with van der Waals surface area (Å²) in [5.41, 5.74) is -1.10. The maximum absolute atomic E-state index is 13.7. The van der Waals surface area contributed by atoms with E-state index in [4.69, 9.17) is 14.2 Å². The van der Waals surface area contributed by atoms with E-state index in [0.717, 1.165) is 18.2 Å². The van der Waals surface area contributed by atoms with Crippen LogP contribution in [0.2, 0.25) is 0 Å². The molecule has 0 bridgehead atoms. The molecule has 0 aliphatic heterocycles. The Bertz CT molecular complexity index is 952. The number of nitro groups is 1. The first-order chi connectivity index (χ1) is 13.8. The lowest BCUT2D eigenvalue weighted by Gasteiger charge is -2.12. The highest BCUT2D eigenvalue weighted by atomic mass is 79.9. The quantitative estimate of drug-likeness (QED) is 0.355. The smallest absolute Gasteiger partial charge is 0.345 e. The number of rotatable bonds is 8. The highest BCUT2D eigenvalue weighted by molar-refractivity contribution is 9.10. The lowest BCUT2D eigenvalue weighted by molar-refractivity contribution is -0.385. The number of halogens is 2. The van der Waals surface area contributed by atoms with Crippen LogP contribution >= 0.6 is 15.9 Å². The molecule has 0 radical (unpaired) electrons. The highest BCUT2D eigenvalue weighted by Gasteiger charge is 2.26. The van der Waals surface area contributed by atoms with E-state index in [2.05, 4.69) is 21.2 Å². The van der Waals surface area contributed by atoms with Gasteiger partial charge in [0.1, 0.15) is 11.4 Å². The predicted octanol–water partition coefficient (Wildman–Crippen LogP) is 3.70. The van der Waals surface area contributed by atoms with E-state index in [1.807, 2.05) is 0 Å². The van der Waals surface area contributed by atoms with Gasteiger partial charge in [-0.15, -0.1) is 0 Å². The van der Waals surface area contributed by atoms with Gasteiger partial charge < -0.3 is 19.5 Å². The molecular weight excluding hydrogens is 455 g/mol. The molecule has 0 saturated heterocycles. The second kappa shape index (κ2) is 9.82. The molecule has 9 nitrogen and oxygen atoms in total. The summed E-state index contributed by atoms with van der Waals surface area (Å²) >= 11 is 3.09. The number of ether oxygens (including phenoxy) is 3. The maximum Gasteiger partial charge on any atom is 0.345 e.